The SMILES string of the molecule is CNc1ccc(C(=O)NCC2CC2(C)C)nc1. The van der Waals surface area contributed by atoms with Crippen molar-refractivity contribution in [3.05, 3.63) is 24.0 Å². The standard InChI is InChI=1S/C13H19N3O/c1-13(2)6-9(13)7-16-12(17)11-5-4-10(14-3)8-15-11/h4-5,8-9,14H,6-7H2,1-3H3,(H,16,17). The molecule has 1 amide bonds. The first kappa shape index (κ1) is 11.9. The number of hydrogen-bond donors (Lipinski definition) is 2. The Morgan fingerprint density at radius 3 is 2.71 bits per heavy atom. The quantitative estimate of drug-likeness (QED) is 0.835. The van der Waals surface area contributed by atoms with Gasteiger partial charge in [0.15, 0.2) is 0 Å². The van der Waals surface area contributed by atoms with E-state index >= 15 is 0 Å². The highest BCUT2D eigenvalue weighted by atomic mass is 16.1. The van der Waals surface area contributed by atoms with Gasteiger partial charge in [0.1, 0.15) is 5.69 Å². The Balaban J connectivity index is 1.87. The molecule has 0 bridgehead atoms. The van der Waals surface area contributed by atoms with E-state index in [0.29, 0.717) is 17.0 Å². The first-order chi connectivity index (χ1) is 8.03. The van der Waals surface area contributed by atoms with Gasteiger partial charge in [-0.05, 0) is 29.9 Å². The molecule has 1 aromatic heterocycles. The van der Waals surface area contributed by atoms with Crippen molar-refractivity contribution < 1.29 is 4.79 Å². The molecule has 0 aliphatic heterocycles. The number of nitrogens with zero attached hydrogens (tertiary/aromatic N) is 1. The molecule has 1 heterocycles. The zero-order chi connectivity index (χ0) is 12.5. The number of hydrogen-bond acceptors (Lipinski definition) is 3. The Morgan fingerprint density at radius 2 is 2.24 bits per heavy atom. The van der Waals surface area contributed by atoms with Gasteiger partial charge in [-0.1, -0.05) is 13.8 Å². The summed E-state index contributed by atoms with van der Waals surface area (Å²) in [5.41, 5.74) is 1.78. The molecular weight excluding hydrogens is 214 g/mol. The fraction of sp³-hybridized carbons (Fsp3) is 0.538. The maximum atomic E-state index is 11.8. The van der Waals surface area contributed by atoms with E-state index in [9.17, 15) is 4.79 Å². The fourth-order valence-corrected chi connectivity index (χ4v) is 1.91. The number of nitrogens with one attached hydrogen (secondary N) is 2. The minimum Gasteiger partial charge on any atom is -0.387 e. The van der Waals surface area contributed by atoms with E-state index < -0.39 is 0 Å². The first-order valence-corrected chi connectivity index (χ1v) is 5.95. The van der Waals surface area contributed by atoms with E-state index in [1.54, 1.807) is 12.3 Å². The second-order valence-corrected chi connectivity index (χ2v) is 5.28. The number of anilines is 1. The summed E-state index contributed by atoms with van der Waals surface area (Å²) >= 11 is 0. The summed E-state index contributed by atoms with van der Waals surface area (Å²) < 4.78 is 0. The molecule has 0 radical (unpaired) electrons. The van der Waals surface area contributed by atoms with Gasteiger partial charge in [0, 0.05) is 13.6 Å². The molecule has 0 saturated heterocycles. The van der Waals surface area contributed by atoms with E-state index in [-0.39, 0.29) is 5.91 Å². The molecule has 1 fully saturated rings. The number of rotatable bonds is 4. The topological polar surface area (TPSA) is 54.0 Å². The molecule has 1 aliphatic carbocycles. The minimum absolute atomic E-state index is 0.0876. The molecule has 0 aromatic carbocycles. The van der Waals surface area contributed by atoms with Crippen molar-refractivity contribution in [3.8, 4) is 0 Å². The van der Waals surface area contributed by atoms with Crippen molar-refractivity contribution in [2.75, 3.05) is 18.9 Å². The molecule has 1 aliphatic rings. The Hall–Kier alpha value is -1.58. The lowest BCUT2D eigenvalue weighted by atomic mass is 10.1. The van der Waals surface area contributed by atoms with Crippen molar-refractivity contribution in [2.24, 2.45) is 11.3 Å². The smallest absolute Gasteiger partial charge is 0.269 e. The molecule has 1 saturated carbocycles. The number of carbonyl (C=O) groups is 1. The first-order valence-electron chi connectivity index (χ1n) is 5.95. The molecule has 1 atom stereocenters. The molecule has 17 heavy (non-hydrogen) atoms. The van der Waals surface area contributed by atoms with Crippen LogP contribution in [0.4, 0.5) is 5.69 Å². The third-order valence-corrected chi connectivity index (χ3v) is 3.51. The second-order valence-electron chi connectivity index (χ2n) is 5.28. The molecular formula is C13H19N3O. The van der Waals surface area contributed by atoms with Gasteiger partial charge >= 0.3 is 0 Å². The van der Waals surface area contributed by atoms with Crippen LogP contribution < -0.4 is 10.6 Å². The monoisotopic (exact) mass is 233 g/mol. The molecule has 4 heteroatoms. The van der Waals surface area contributed by atoms with Crippen LogP contribution in [0.15, 0.2) is 18.3 Å². The average molecular weight is 233 g/mol. The number of carbonyl (C=O) groups excluding carboxylic acids is 1. The predicted molar refractivity (Wildman–Crippen MR) is 68.0 cm³/mol. The lowest BCUT2D eigenvalue weighted by molar-refractivity contribution is 0.0945. The highest BCUT2D eigenvalue weighted by molar-refractivity contribution is 5.92. The summed E-state index contributed by atoms with van der Waals surface area (Å²) in [5, 5.41) is 5.90. The third kappa shape index (κ3) is 2.75. The fourth-order valence-electron chi connectivity index (χ4n) is 1.91. The zero-order valence-corrected chi connectivity index (χ0v) is 10.6. The van der Waals surface area contributed by atoms with E-state index in [2.05, 4.69) is 29.5 Å². The normalized spacial score (nSPS) is 20.8. The number of pyridine rings is 1. The highest BCUT2D eigenvalue weighted by Crippen LogP contribution is 2.50. The Morgan fingerprint density at radius 1 is 1.53 bits per heavy atom. The molecule has 1 unspecified atom stereocenters. The van der Waals surface area contributed by atoms with Gasteiger partial charge in [-0.25, -0.2) is 4.98 Å². The maximum absolute atomic E-state index is 11.8. The Kier molecular flexibility index (Phi) is 3.05. The lowest BCUT2D eigenvalue weighted by Crippen LogP contribution is -2.27. The van der Waals surface area contributed by atoms with Crippen LogP contribution in [0.2, 0.25) is 0 Å². The van der Waals surface area contributed by atoms with E-state index in [4.69, 9.17) is 0 Å². The van der Waals surface area contributed by atoms with Crippen LogP contribution in [-0.2, 0) is 0 Å². The van der Waals surface area contributed by atoms with Gasteiger partial charge < -0.3 is 10.6 Å². The lowest BCUT2D eigenvalue weighted by Gasteiger charge is -2.06. The van der Waals surface area contributed by atoms with Crippen LogP contribution >= 0.6 is 0 Å². The van der Waals surface area contributed by atoms with E-state index in [0.717, 1.165) is 12.2 Å². The Labute approximate surface area is 102 Å². The van der Waals surface area contributed by atoms with Crippen molar-refractivity contribution >= 4 is 11.6 Å². The summed E-state index contributed by atoms with van der Waals surface area (Å²) in [7, 11) is 1.83. The van der Waals surface area contributed by atoms with Gasteiger partial charge in [0.25, 0.3) is 5.91 Å². The number of amides is 1. The van der Waals surface area contributed by atoms with E-state index in [1.807, 2.05) is 13.1 Å². The minimum atomic E-state index is -0.0876. The average Bonchev–Trinajstić information content (AvgIpc) is 2.94. The van der Waals surface area contributed by atoms with Crippen LogP contribution in [0.25, 0.3) is 0 Å². The number of aromatic nitrogens is 1. The molecule has 0 spiro atoms. The van der Waals surface area contributed by atoms with Crippen molar-refractivity contribution in [1.29, 1.82) is 0 Å². The summed E-state index contributed by atoms with van der Waals surface area (Å²) in [6.07, 6.45) is 2.86. The summed E-state index contributed by atoms with van der Waals surface area (Å²) in [6.45, 7) is 5.20. The summed E-state index contributed by atoms with van der Waals surface area (Å²) in [6, 6.07) is 3.59. The van der Waals surface area contributed by atoms with Crippen molar-refractivity contribution in [2.45, 2.75) is 20.3 Å². The van der Waals surface area contributed by atoms with Gasteiger partial charge in [0.05, 0.1) is 11.9 Å². The van der Waals surface area contributed by atoms with Crippen LogP contribution in [0, 0.1) is 11.3 Å². The largest absolute Gasteiger partial charge is 0.387 e. The van der Waals surface area contributed by atoms with Crippen LogP contribution in [0.3, 0.4) is 0 Å². The van der Waals surface area contributed by atoms with Crippen LogP contribution in [0.1, 0.15) is 30.8 Å². The second kappa shape index (κ2) is 4.35. The molecule has 2 rings (SSSR count). The molecule has 4 nitrogen and oxygen atoms in total. The summed E-state index contributed by atoms with van der Waals surface area (Å²) in [5.74, 6) is 0.526. The third-order valence-electron chi connectivity index (χ3n) is 3.51. The van der Waals surface area contributed by atoms with Crippen LogP contribution in [0.5, 0.6) is 0 Å². The van der Waals surface area contributed by atoms with Gasteiger partial charge in [-0.15, -0.1) is 0 Å². The molecule has 92 valence electrons. The Bertz CT molecular complexity index is 411. The highest BCUT2D eigenvalue weighted by Gasteiger charge is 2.45. The van der Waals surface area contributed by atoms with Crippen molar-refractivity contribution in [3.63, 3.8) is 0 Å². The van der Waals surface area contributed by atoms with Gasteiger partial charge in [-0.2, -0.15) is 0 Å². The maximum Gasteiger partial charge on any atom is 0.269 e. The van der Waals surface area contributed by atoms with Crippen LogP contribution in [-0.4, -0.2) is 24.5 Å². The molecule has 1 aromatic rings. The van der Waals surface area contributed by atoms with E-state index in [1.165, 1.54) is 6.42 Å². The zero-order valence-electron chi connectivity index (χ0n) is 10.6. The summed E-state index contributed by atoms with van der Waals surface area (Å²) in [4.78, 5) is 15.9. The predicted octanol–water partition coefficient (Wildman–Crippen LogP) is 1.90. The van der Waals surface area contributed by atoms with Crippen molar-refractivity contribution in [1.82, 2.24) is 10.3 Å². The van der Waals surface area contributed by atoms with Gasteiger partial charge in [0.2, 0.25) is 0 Å². The molecule has 2 N–H and O–H groups in total. The van der Waals surface area contributed by atoms with Gasteiger partial charge in [-0.3, -0.25) is 4.79 Å².